The number of aromatic nitrogens is 1. The molecule has 1 heterocycles. The summed E-state index contributed by atoms with van der Waals surface area (Å²) >= 11 is 3.45. The molecule has 1 atom stereocenters. The number of nitriles is 1. The number of benzene rings is 1. The fourth-order valence-corrected chi connectivity index (χ4v) is 2.12. The summed E-state index contributed by atoms with van der Waals surface area (Å²) in [6.45, 7) is 2.05. The first-order valence-corrected chi connectivity index (χ1v) is 6.37. The average Bonchev–Trinajstić information content (AvgIpc) is 2.39. The molecule has 3 nitrogen and oxygen atoms in total. The van der Waals surface area contributed by atoms with Gasteiger partial charge in [-0.25, -0.2) is 4.98 Å². The lowest BCUT2D eigenvalue weighted by Gasteiger charge is -2.16. The van der Waals surface area contributed by atoms with Crippen molar-refractivity contribution in [3.05, 3.63) is 58.3 Å². The number of nitrogens with zero attached hydrogens (tertiary/aromatic N) is 2. The van der Waals surface area contributed by atoms with E-state index in [1.54, 1.807) is 6.20 Å². The van der Waals surface area contributed by atoms with Crippen molar-refractivity contribution in [1.82, 2.24) is 4.98 Å². The topological polar surface area (TPSA) is 48.7 Å². The second-order valence-corrected chi connectivity index (χ2v) is 4.85. The van der Waals surface area contributed by atoms with Crippen LogP contribution in [0.3, 0.4) is 0 Å². The molecule has 2 rings (SSSR count). The lowest BCUT2D eigenvalue weighted by molar-refractivity contribution is 0.880. The number of pyridine rings is 1. The van der Waals surface area contributed by atoms with Gasteiger partial charge in [-0.2, -0.15) is 5.26 Å². The molecule has 2 aromatic rings. The highest BCUT2D eigenvalue weighted by atomic mass is 79.9. The predicted molar refractivity (Wildman–Crippen MR) is 75.1 cm³/mol. The van der Waals surface area contributed by atoms with Crippen LogP contribution < -0.4 is 5.32 Å². The van der Waals surface area contributed by atoms with E-state index in [4.69, 9.17) is 5.26 Å². The Labute approximate surface area is 115 Å². The Morgan fingerprint density at radius 2 is 2.17 bits per heavy atom. The molecule has 0 saturated carbocycles. The second-order valence-electron chi connectivity index (χ2n) is 3.93. The first kappa shape index (κ1) is 12.6. The quantitative estimate of drug-likeness (QED) is 0.935. The third-order valence-corrected chi connectivity index (χ3v) is 3.13. The van der Waals surface area contributed by atoms with Crippen LogP contribution in [0, 0.1) is 11.3 Å². The van der Waals surface area contributed by atoms with E-state index in [2.05, 4.69) is 45.3 Å². The standard InChI is InChI=1S/C14H12BrN3/c1-10(11-4-2-5-12(15)8-11)18-13-6-3-7-17-14(13)9-16/h2-8,10,18H,1H3. The Morgan fingerprint density at radius 1 is 1.33 bits per heavy atom. The molecule has 0 aliphatic rings. The van der Waals surface area contributed by atoms with Gasteiger partial charge in [-0.3, -0.25) is 0 Å². The maximum atomic E-state index is 8.99. The molecule has 1 unspecified atom stereocenters. The van der Waals surface area contributed by atoms with Gasteiger partial charge in [0.1, 0.15) is 6.07 Å². The van der Waals surface area contributed by atoms with Gasteiger partial charge in [0.25, 0.3) is 0 Å². The summed E-state index contributed by atoms with van der Waals surface area (Å²) in [5.41, 5.74) is 2.32. The number of hydrogen-bond donors (Lipinski definition) is 1. The molecule has 18 heavy (non-hydrogen) atoms. The van der Waals surface area contributed by atoms with Crippen molar-refractivity contribution in [2.45, 2.75) is 13.0 Å². The van der Waals surface area contributed by atoms with Crippen molar-refractivity contribution >= 4 is 21.6 Å². The van der Waals surface area contributed by atoms with Crippen LogP contribution in [0.2, 0.25) is 0 Å². The van der Waals surface area contributed by atoms with Crippen molar-refractivity contribution in [1.29, 1.82) is 5.26 Å². The molecule has 0 radical (unpaired) electrons. The number of rotatable bonds is 3. The number of anilines is 1. The van der Waals surface area contributed by atoms with E-state index >= 15 is 0 Å². The average molecular weight is 302 g/mol. The minimum absolute atomic E-state index is 0.110. The summed E-state index contributed by atoms with van der Waals surface area (Å²) in [5.74, 6) is 0. The van der Waals surface area contributed by atoms with Gasteiger partial charge in [0.2, 0.25) is 0 Å². The molecule has 0 spiro atoms. The summed E-state index contributed by atoms with van der Waals surface area (Å²) < 4.78 is 1.04. The van der Waals surface area contributed by atoms with Gasteiger partial charge in [-0.1, -0.05) is 28.1 Å². The van der Waals surface area contributed by atoms with Gasteiger partial charge in [-0.15, -0.1) is 0 Å². The van der Waals surface area contributed by atoms with Crippen molar-refractivity contribution in [3.63, 3.8) is 0 Å². The highest BCUT2D eigenvalue weighted by molar-refractivity contribution is 9.10. The van der Waals surface area contributed by atoms with Crippen LogP contribution in [-0.4, -0.2) is 4.98 Å². The maximum Gasteiger partial charge on any atom is 0.163 e. The minimum Gasteiger partial charge on any atom is -0.376 e. The van der Waals surface area contributed by atoms with Crippen LogP contribution in [-0.2, 0) is 0 Å². The molecule has 1 aromatic carbocycles. The molecular weight excluding hydrogens is 290 g/mol. The summed E-state index contributed by atoms with van der Waals surface area (Å²) in [5, 5.41) is 12.3. The van der Waals surface area contributed by atoms with Crippen molar-refractivity contribution < 1.29 is 0 Å². The fourth-order valence-electron chi connectivity index (χ4n) is 1.70. The Bertz CT molecular complexity index is 590. The zero-order chi connectivity index (χ0) is 13.0. The number of nitrogens with one attached hydrogen (secondary N) is 1. The molecule has 1 aromatic heterocycles. The number of halogens is 1. The molecule has 4 heteroatoms. The van der Waals surface area contributed by atoms with Gasteiger partial charge in [0.05, 0.1) is 5.69 Å². The molecule has 0 saturated heterocycles. The molecular formula is C14H12BrN3. The summed E-state index contributed by atoms with van der Waals surface area (Å²) in [6, 6.07) is 13.9. The van der Waals surface area contributed by atoms with Gasteiger partial charge in [-0.05, 0) is 36.8 Å². The molecule has 0 aliphatic heterocycles. The molecule has 0 aliphatic carbocycles. The normalized spacial score (nSPS) is 11.6. The van der Waals surface area contributed by atoms with Gasteiger partial charge < -0.3 is 5.32 Å². The lowest BCUT2D eigenvalue weighted by Crippen LogP contribution is -2.08. The Kier molecular flexibility index (Phi) is 3.96. The zero-order valence-corrected chi connectivity index (χ0v) is 11.5. The number of hydrogen-bond acceptors (Lipinski definition) is 3. The summed E-state index contributed by atoms with van der Waals surface area (Å²) in [4.78, 5) is 4.03. The first-order chi connectivity index (χ1) is 8.70. The highest BCUT2D eigenvalue weighted by Crippen LogP contribution is 2.23. The van der Waals surface area contributed by atoms with Crippen LogP contribution in [0.5, 0.6) is 0 Å². The van der Waals surface area contributed by atoms with E-state index < -0.39 is 0 Å². The lowest BCUT2D eigenvalue weighted by atomic mass is 10.1. The third-order valence-electron chi connectivity index (χ3n) is 2.63. The van der Waals surface area contributed by atoms with Crippen molar-refractivity contribution in [3.8, 4) is 6.07 Å². The van der Waals surface area contributed by atoms with E-state index in [-0.39, 0.29) is 6.04 Å². The van der Waals surface area contributed by atoms with E-state index in [1.165, 1.54) is 0 Å². The Morgan fingerprint density at radius 3 is 2.89 bits per heavy atom. The fraction of sp³-hybridized carbons (Fsp3) is 0.143. The first-order valence-electron chi connectivity index (χ1n) is 5.58. The predicted octanol–water partition coefficient (Wildman–Crippen LogP) is 3.89. The maximum absolute atomic E-state index is 8.99. The van der Waals surface area contributed by atoms with E-state index in [0.717, 1.165) is 15.7 Å². The monoisotopic (exact) mass is 301 g/mol. The van der Waals surface area contributed by atoms with Crippen molar-refractivity contribution in [2.24, 2.45) is 0 Å². The summed E-state index contributed by atoms with van der Waals surface area (Å²) in [6.07, 6.45) is 1.62. The van der Waals surface area contributed by atoms with Gasteiger partial charge in [0.15, 0.2) is 5.69 Å². The summed E-state index contributed by atoms with van der Waals surface area (Å²) in [7, 11) is 0. The Hall–Kier alpha value is -1.86. The smallest absolute Gasteiger partial charge is 0.163 e. The minimum atomic E-state index is 0.110. The van der Waals surface area contributed by atoms with Gasteiger partial charge in [0, 0.05) is 16.7 Å². The van der Waals surface area contributed by atoms with Crippen LogP contribution in [0.25, 0.3) is 0 Å². The second kappa shape index (κ2) is 5.65. The molecule has 0 bridgehead atoms. The van der Waals surface area contributed by atoms with E-state index in [0.29, 0.717) is 5.69 Å². The zero-order valence-electron chi connectivity index (χ0n) is 9.89. The molecule has 0 fully saturated rings. The van der Waals surface area contributed by atoms with Crippen LogP contribution in [0.1, 0.15) is 24.2 Å². The molecule has 90 valence electrons. The molecule has 1 N–H and O–H groups in total. The largest absolute Gasteiger partial charge is 0.376 e. The van der Waals surface area contributed by atoms with Crippen LogP contribution in [0.4, 0.5) is 5.69 Å². The van der Waals surface area contributed by atoms with E-state index in [9.17, 15) is 0 Å². The molecule has 0 amide bonds. The van der Waals surface area contributed by atoms with Crippen molar-refractivity contribution in [2.75, 3.05) is 5.32 Å². The third kappa shape index (κ3) is 2.88. The van der Waals surface area contributed by atoms with Crippen LogP contribution in [0.15, 0.2) is 47.1 Å². The van der Waals surface area contributed by atoms with Crippen LogP contribution >= 0.6 is 15.9 Å². The SMILES string of the molecule is CC(Nc1cccnc1C#N)c1cccc(Br)c1. The highest BCUT2D eigenvalue weighted by Gasteiger charge is 2.08. The Balaban J connectivity index is 2.22. The van der Waals surface area contributed by atoms with Gasteiger partial charge >= 0.3 is 0 Å². The van der Waals surface area contributed by atoms with E-state index in [1.807, 2.05) is 30.3 Å².